The number of carbonyl (C=O) groups is 2. The van der Waals surface area contributed by atoms with Crippen LogP contribution in [0.4, 0.5) is 0 Å². The molecule has 6 heteroatoms. The predicted octanol–water partition coefficient (Wildman–Crippen LogP) is 1.08. The lowest BCUT2D eigenvalue weighted by Gasteiger charge is -2.34. The first-order valence-corrected chi connectivity index (χ1v) is 6.75. The smallest absolute Gasteiger partial charge is 0.255 e. The molecule has 0 saturated carbocycles. The van der Waals surface area contributed by atoms with Crippen LogP contribution in [-0.4, -0.2) is 42.5 Å². The summed E-state index contributed by atoms with van der Waals surface area (Å²) in [6.07, 6.45) is 0. The maximum absolute atomic E-state index is 12.5. The summed E-state index contributed by atoms with van der Waals surface area (Å²) in [6.45, 7) is 2.81. The Morgan fingerprint density at radius 2 is 2.21 bits per heavy atom. The van der Waals surface area contributed by atoms with Crippen molar-refractivity contribution in [3.63, 3.8) is 0 Å². The number of rotatable bonds is 2. The summed E-state index contributed by atoms with van der Waals surface area (Å²) in [6, 6.07) is 4.72. The number of ether oxygens (including phenoxy) is 1. The summed E-state index contributed by atoms with van der Waals surface area (Å²) in [5.74, 6) is -0.730. The molecule has 2 rings (SSSR count). The van der Waals surface area contributed by atoms with Gasteiger partial charge in [0.2, 0.25) is 5.91 Å². The van der Waals surface area contributed by atoms with Crippen LogP contribution in [0.5, 0.6) is 0 Å². The molecule has 1 aromatic rings. The fourth-order valence-electron chi connectivity index (χ4n) is 2.08. The molecule has 2 N–H and O–H groups in total. The zero-order valence-electron chi connectivity index (χ0n) is 10.6. The summed E-state index contributed by atoms with van der Waals surface area (Å²) < 4.78 is 6.07. The summed E-state index contributed by atoms with van der Waals surface area (Å²) >= 11 is 3.40. The average Bonchev–Trinajstić information content (AvgIpc) is 2.41. The van der Waals surface area contributed by atoms with E-state index in [0.29, 0.717) is 18.7 Å². The second-order valence-electron chi connectivity index (χ2n) is 4.40. The minimum atomic E-state index is -0.695. The summed E-state index contributed by atoms with van der Waals surface area (Å²) in [5, 5.41) is 0. The number of nitrogens with two attached hydrogens (primary N) is 1. The number of halogens is 1. The number of morpholine rings is 1. The van der Waals surface area contributed by atoms with E-state index in [1.54, 1.807) is 12.1 Å². The van der Waals surface area contributed by atoms with Crippen LogP contribution < -0.4 is 5.73 Å². The Kier molecular flexibility index (Phi) is 4.21. The standard InChI is InChI=1S/C13H15BrN2O3/c1-8-9(3-2-4-10(8)14)13(18)16-5-6-19-7-11(16)12(15)17/h2-4,11H,5-7H2,1H3,(H2,15,17). The van der Waals surface area contributed by atoms with Gasteiger partial charge in [0, 0.05) is 16.6 Å². The van der Waals surface area contributed by atoms with E-state index < -0.39 is 11.9 Å². The number of hydrogen-bond acceptors (Lipinski definition) is 3. The van der Waals surface area contributed by atoms with E-state index in [0.717, 1.165) is 10.0 Å². The van der Waals surface area contributed by atoms with Crippen molar-refractivity contribution in [2.45, 2.75) is 13.0 Å². The molecule has 1 unspecified atom stereocenters. The Morgan fingerprint density at radius 3 is 2.89 bits per heavy atom. The number of primary amides is 1. The first-order chi connectivity index (χ1) is 9.02. The molecule has 19 heavy (non-hydrogen) atoms. The Morgan fingerprint density at radius 1 is 1.47 bits per heavy atom. The highest BCUT2D eigenvalue weighted by Crippen LogP contribution is 2.22. The van der Waals surface area contributed by atoms with Gasteiger partial charge in [-0.2, -0.15) is 0 Å². The lowest BCUT2D eigenvalue weighted by atomic mass is 10.1. The molecule has 1 aliphatic heterocycles. The molecular formula is C13H15BrN2O3. The molecule has 0 aliphatic carbocycles. The van der Waals surface area contributed by atoms with E-state index in [4.69, 9.17) is 10.5 Å². The average molecular weight is 327 g/mol. The Bertz CT molecular complexity index is 519. The topological polar surface area (TPSA) is 72.6 Å². The van der Waals surface area contributed by atoms with Crippen LogP contribution >= 0.6 is 15.9 Å². The molecule has 0 radical (unpaired) electrons. The van der Waals surface area contributed by atoms with Crippen LogP contribution in [0.3, 0.4) is 0 Å². The van der Waals surface area contributed by atoms with Crippen LogP contribution in [0, 0.1) is 6.92 Å². The van der Waals surface area contributed by atoms with E-state index in [9.17, 15) is 9.59 Å². The molecule has 102 valence electrons. The van der Waals surface area contributed by atoms with Crippen molar-refractivity contribution in [3.05, 3.63) is 33.8 Å². The van der Waals surface area contributed by atoms with Crippen molar-refractivity contribution < 1.29 is 14.3 Å². The van der Waals surface area contributed by atoms with E-state index in [1.807, 2.05) is 13.0 Å². The van der Waals surface area contributed by atoms with Crippen molar-refractivity contribution in [2.75, 3.05) is 19.8 Å². The van der Waals surface area contributed by atoms with Gasteiger partial charge in [-0.15, -0.1) is 0 Å². The molecule has 1 heterocycles. The fraction of sp³-hybridized carbons (Fsp3) is 0.385. The van der Waals surface area contributed by atoms with Gasteiger partial charge < -0.3 is 15.4 Å². The van der Waals surface area contributed by atoms with Gasteiger partial charge in [0.1, 0.15) is 6.04 Å². The van der Waals surface area contributed by atoms with Crippen LogP contribution in [0.1, 0.15) is 15.9 Å². The van der Waals surface area contributed by atoms with Gasteiger partial charge in [0.15, 0.2) is 0 Å². The quantitative estimate of drug-likeness (QED) is 0.884. The normalized spacial score (nSPS) is 19.3. The Hall–Kier alpha value is -1.40. The number of carbonyl (C=O) groups excluding carboxylic acids is 2. The summed E-state index contributed by atoms with van der Waals surface area (Å²) in [7, 11) is 0. The van der Waals surface area contributed by atoms with E-state index in [2.05, 4.69) is 15.9 Å². The molecule has 1 atom stereocenters. The highest BCUT2D eigenvalue weighted by molar-refractivity contribution is 9.10. The number of benzene rings is 1. The Balaban J connectivity index is 2.31. The summed E-state index contributed by atoms with van der Waals surface area (Å²) in [4.78, 5) is 25.4. The molecule has 1 aliphatic rings. The van der Waals surface area contributed by atoms with E-state index >= 15 is 0 Å². The van der Waals surface area contributed by atoms with Crippen molar-refractivity contribution in [1.29, 1.82) is 0 Å². The Labute approximate surface area is 119 Å². The van der Waals surface area contributed by atoms with Gasteiger partial charge >= 0.3 is 0 Å². The molecule has 1 saturated heterocycles. The van der Waals surface area contributed by atoms with E-state index in [1.165, 1.54) is 4.90 Å². The molecule has 0 bridgehead atoms. The number of amides is 2. The lowest BCUT2D eigenvalue weighted by molar-refractivity contribution is -0.127. The van der Waals surface area contributed by atoms with Gasteiger partial charge in [-0.3, -0.25) is 9.59 Å². The van der Waals surface area contributed by atoms with Crippen LogP contribution in [-0.2, 0) is 9.53 Å². The molecule has 2 amide bonds. The van der Waals surface area contributed by atoms with Crippen LogP contribution in [0.2, 0.25) is 0 Å². The number of hydrogen-bond donors (Lipinski definition) is 1. The van der Waals surface area contributed by atoms with Gasteiger partial charge in [0.25, 0.3) is 5.91 Å². The maximum Gasteiger partial charge on any atom is 0.255 e. The third kappa shape index (κ3) is 2.79. The van der Waals surface area contributed by atoms with Gasteiger partial charge in [-0.05, 0) is 24.6 Å². The first-order valence-electron chi connectivity index (χ1n) is 5.95. The zero-order chi connectivity index (χ0) is 14.0. The zero-order valence-corrected chi connectivity index (χ0v) is 12.1. The minimum Gasteiger partial charge on any atom is -0.377 e. The van der Waals surface area contributed by atoms with Gasteiger partial charge in [-0.1, -0.05) is 22.0 Å². The van der Waals surface area contributed by atoms with E-state index in [-0.39, 0.29) is 12.5 Å². The molecule has 1 aromatic carbocycles. The van der Waals surface area contributed by atoms with Crippen molar-refractivity contribution in [3.8, 4) is 0 Å². The van der Waals surface area contributed by atoms with Crippen molar-refractivity contribution in [2.24, 2.45) is 5.73 Å². The van der Waals surface area contributed by atoms with Crippen LogP contribution in [0.25, 0.3) is 0 Å². The first kappa shape index (κ1) is 14.0. The largest absolute Gasteiger partial charge is 0.377 e. The monoisotopic (exact) mass is 326 g/mol. The number of nitrogens with zero attached hydrogens (tertiary/aromatic N) is 1. The van der Waals surface area contributed by atoms with Gasteiger partial charge in [-0.25, -0.2) is 0 Å². The van der Waals surface area contributed by atoms with Gasteiger partial charge in [0.05, 0.1) is 13.2 Å². The second kappa shape index (κ2) is 5.71. The highest BCUT2D eigenvalue weighted by atomic mass is 79.9. The third-order valence-corrected chi connectivity index (χ3v) is 4.07. The molecule has 5 nitrogen and oxygen atoms in total. The molecular weight excluding hydrogens is 312 g/mol. The third-order valence-electron chi connectivity index (χ3n) is 3.22. The fourth-order valence-corrected chi connectivity index (χ4v) is 2.44. The lowest BCUT2D eigenvalue weighted by Crippen LogP contribution is -2.54. The molecule has 0 aromatic heterocycles. The minimum absolute atomic E-state index is 0.161. The SMILES string of the molecule is Cc1c(Br)cccc1C(=O)N1CCOCC1C(N)=O. The summed E-state index contributed by atoms with van der Waals surface area (Å²) in [5.41, 5.74) is 6.74. The van der Waals surface area contributed by atoms with Crippen molar-refractivity contribution in [1.82, 2.24) is 4.90 Å². The predicted molar refractivity (Wildman–Crippen MR) is 73.7 cm³/mol. The second-order valence-corrected chi connectivity index (χ2v) is 5.26. The van der Waals surface area contributed by atoms with Crippen LogP contribution in [0.15, 0.2) is 22.7 Å². The molecule has 0 spiro atoms. The maximum atomic E-state index is 12.5. The molecule has 1 fully saturated rings. The highest BCUT2D eigenvalue weighted by Gasteiger charge is 2.32. The van der Waals surface area contributed by atoms with Crippen molar-refractivity contribution >= 4 is 27.7 Å².